The van der Waals surface area contributed by atoms with E-state index >= 15 is 0 Å². The highest BCUT2D eigenvalue weighted by Gasteiger charge is 2.45. The Hall–Kier alpha value is -3.81. The molecule has 0 saturated heterocycles. The number of amides is 1. The molecule has 186 valence electrons. The molecule has 1 heterocycles. The molecule has 0 aliphatic heterocycles. The van der Waals surface area contributed by atoms with E-state index in [1.807, 2.05) is 44.1 Å². The number of anilines is 2. The van der Waals surface area contributed by atoms with Gasteiger partial charge in [0.2, 0.25) is 0 Å². The number of hydrogen-bond acceptors (Lipinski definition) is 7. The Labute approximate surface area is 201 Å². The molecule has 11 heteroatoms. The molecule has 0 spiro atoms. The van der Waals surface area contributed by atoms with Crippen LogP contribution in [0.15, 0.2) is 36.4 Å². The summed E-state index contributed by atoms with van der Waals surface area (Å²) in [5.74, 6) is -2.54. The van der Waals surface area contributed by atoms with Crippen molar-refractivity contribution in [1.29, 1.82) is 5.26 Å². The minimum absolute atomic E-state index is 0.0164. The van der Waals surface area contributed by atoms with Crippen LogP contribution >= 0.6 is 0 Å². The van der Waals surface area contributed by atoms with E-state index in [0.29, 0.717) is 30.7 Å². The average molecular weight is 489 g/mol. The van der Waals surface area contributed by atoms with Gasteiger partial charge in [-0.05, 0) is 62.9 Å². The molecule has 1 aliphatic rings. The molecule has 35 heavy (non-hydrogen) atoms. The van der Waals surface area contributed by atoms with Crippen LogP contribution in [0.2, 0.25) is 0 Å². The number of benzene rings is 1. The van der Waals surface area contributed by atoms with Crippen LogP contribution in [0.5, 0.6) is 0 Å². The molecule has 0 bridgehead atoms. The lowest BCUT2D eigenvalue weighted by molar-refractivity contribution is -0.235. The van der Waals surface area contributed by atoms with E-state index < -0.39 is 24.1 Å². The first-order valence-corrected chi connectivity index (χ1v) is 11.0. The van der Waals surface area contributed by atoms with E-state index in [2.05, 4.69) is 15.1 Å². The predicted molar refractivity (Wildman–Crippen MR) is 122 cm³/mol. The van der Waals surface area contributed by atoms with E-state index in [4.69, 9.17) is 5.26 Å². The number of aryl methyl sites for hydroxylation is 1. The van der Waals surface area contributed by atoms with Crippen LogP contribution in [0.3, 0.4) is 0 Å². The summed E-state index contributed by atoms with van der Waals surface area (Å²) < 4.78 is 38.7. The van der Waals surface area contributed by atoms with Gasteiger partial charge in [-0.2, -0.15) is 23.5 Å². The van der Waals surface area contributed by atoms with Crippen molar-refractivity contribution in [2.24, 2.45) is 0 Å². The number of nitriles is 1. The van der Waals surface area contributed by atoms with E-state index in [-0.39, 0.29) is 17.2 Å². The molecule has 1 N–H and O–H groups in total. The first-order chi connectivity index (χ1) is 16.5. The lowest BCUT2D eigenvalue weighted by Gasteiger charge is -2.35. The number of pyridine rings is 1. The highest BCUT2D eigenvalue weighted by molar-refractivity contribution is 5.94. The highest BCUT2D eigenvalue weighted by atomic mass is 19.4. The van der Waals surface area contributed by atoms with Crippen LogP contribution in [0.4, 0.5) is 24.7 Å². The third-order valence-electron chi connectivity index (χ3n) is 5.67. The molecule has 2 aromatic rings. The van der Waals surface area contributed by atoms with Gasteiger partial charge in [0.15, 0.2) is 0 Å². The summed E-state index contributed by atoms with van der Waals surface area (Å²) >= 11 is 0. The van der Waals surface area contributed by atoms with Crippen LogP contribution in [-0.4, -0.2) is 54.3 Å². The van der Waals surface area contributed by atoms with Gasteiger partial charge in [-0.1, -0.05) is 0 Å². The van der Waals surface area contributed by atoms with Gasteiger partial charge in [0, 0.05) is 43.1 Å². The number of halogens is 3. The molecular formula is C24H26F3N5O3. The molecule has 3 rings (SSSR count). The van der Waals surface area contributed by atoms with Gasteiger partial charge in [0.25, 0.3) is 5.91 Å². The largest absolute Gasteiger partial charge is 0.493 e. The van der Waals surface area contributed by atoms with Crippen molar-refractivity contribution in [2.75, 3.05) is 24.3 Å². The molecule has 1 aromatic carbocycles. The van der Waals surface area contributed by atoms with Crippen molar-refractivity contribution < 1.29 is 27.6 Å². The van der Waals surface area contributed by atoms with E-state index in [0.717, 1.165) is 17.2 Å². The minimum Gasteiger partial charge on any atom is -0.382 e. The van der Waals surface area contributed by atoms with Crippen LogP contribution in [-0.2, 0) is 9.63 Å². The van der Waals surface area contributed by atoms with Gasteiger partial charge in [-0.25, -0.2) is 9.78 Å². The maximum atomic E-state index is 13.0. The SMILES string of the molecule is Cc1cc(NC2CCC(N(OC(=O)C(F)(F)F)C(=O)c3ccc(C#N)cc3)CC2)cc(N(C)C)n1. The number of rotatable bonds is 5. The van der Waals surface area contributed by atoms with Gasteiger partial charge in [-0.15, -0.1) is 0 Å². The van der Waals surface area contributed by atoms with Gasteiger partial charge in [0.05, 0.1) is 17.7 Å². The fraction of sp³-hybridized carbons (Fsp3) is 0.417. The van der Waals surface area contributed by atoms with E-state index in [1.54, 1.807) is 0 Å². The van der Waals surface area contributed by atoms with Gasteiger partial charge in [0.1, 0.15) is 5.82 Å². The third kappa shape index (κ3) is 6.62. The number of nitrogens with zero attached hydrogens (tertiary/aromatic N) is 4. The molecule has 0 unspecified atom stereocenters. The Kier molecular flexibility index (Phi) is 7.84. The number of carbonyl (C=O) groups is 2. The maximum absolute atomic E-state index is 13.0. The Morgan fingerprint density at radius 2 is 1.74 bits per heavy atom. The van der Waals surface area contributed by atoms with Gasteiger partial charge < -0.3 is 15.1 Å². The lowest BCUT2D eigenvalue weighted by atomic mass is 9.90. The number of hydroxylamine groups is 2. The predicted octanol–water partition coefficient (Wildman–Crippen LogP) is 4.21. The second-order valence-electron chi connectivity index (χ2n) is 8.60. The van der Waals surface area contributed by atoms with Crippen LogP contribution in [0, 0.1) is 18.3 Å². The first-order valence-electron chi connectivity index (χ1n) is 11.0. The number of hydrogen-bond donors (Lipinski definition) is 1. The van der Waals surface area contributed by atoms with Gasteiger partial charge >= 0.3 is 12.1 Å². The normalized spacial score (nSPS) is 17.7. The lowest BCUT2D eigenvalue weighted by Crippen LogP contribution is -2.47. The summed E-state index contributed by atoms with van der Waals surface area (Å²) in [7, 11) is 3.77. The van der Waals surface area contributed by atoms with E-state index in [9.17, 15) is 22.8 Å². The summed E-state index contributed by atoms with van der Waals surface area (Å²) in [6.07, 6.45) is -3.50. The molecule has 1 saturated carbocycles. The topological polar surface area (TPSA) is 98.6 Å². The minimum atomic E-state index is -5.24. The molecule has 1 aliphatic carbocycles. The smallest absolute Gasteiger partial charge is 0.382 e. The molecule has 0 atom stereocenters. The highest BCUT2D eigenvalue weighted by Crippen LogP contribution is 2.29. The Balaban J connectivity index is 1.73. The van der Waals surface area contributed by atoms with Crippen molar-refractivity contribution in [3.8, 4) is 6.07 Å². The number of nitrogens with one attached hydrogen (secondary N) is 1. The summed E-state index contributed by atoms with van der Waals surface area (Å²) in [4.78, 5) is 35.5. The summed E-state index contributed by atoms with van der Waals surface area (Å²) in [5, 5.41) is 12.9. The third-order valence-corrected chi connectivity index (χ3v) is 5.67. The van der Waals surface area contributed by atoms with Crippen molar-refractivity contribution >= 4 is 23.4 Å². The molecule has 1 amide bonds. The Bertz CT molecular complexity index is 1100. The summed E-state index contributed by atoms with van der Waals surface area (Å²) in [6.45, 7) is 1.89. The molecule has 1 aromatic heterocycles. The second-order valence-corrected chi connectivity index (χ2v) is 8.60. The van der Waals surface area contributed by atoms with Crippen LogP contribution < -0.4 is 10.2 Å². The first kappa shape index (κ1) is 25.8. The molecule has 8 nitrogen and oxygen atoms in total. The summed E-state index contributed by atoms with van der Waals surface area (Å²) in [5.41, 5.74) is 2.02. The summed E-state index contributed by atoms with van der Waals surface area (Å²) in [6, 6.07) is 10.4. The second kappa shape index (κ2) is 10.6. The van der Waals surface area contributed by atoms with Crippen molar-refractivity contribution in [3.63, 3.8) is 0 Å². The molecule has 1 fully saturated rings. The van der Waals surface area contributed by atoms with Crippen molar-refractivity contribution in [3.05, 3.63) is 53.2 Å². The number of carbonyl (C=O) groups excluding carboxylic acids is 2. The van der Waals surface area contributed by atoms with Gasteiger partial charge in [-0.3, -0.25) is 4.79 Å². The number of aromatic nitrogens is 1. The average Bonchev–Trinajstić information content (AvgIpc) is 2.81. The van der Waals surface area contributed by atoms with Crippen LogP contribution in [0.1, 0.15) is 47.3 Å². The fourth-order valence-corrected chi connectivity index (χ4v) is 3.89. The molecule has 0 radical (unpaired) electrons. The standard InChI is InChI=1S/C24H26F3N5O3/c1-15-12-19(13-21(29-15)31(2)3)30-18-8-10-20(11-9-18)32(35-23(34)24(25,26)27)22(33)17-6-4-16(14-28)5-7-17/h4-7,12-13,18,20H,8-11H2,1-3H3,(H,29,30). The van der Waals surface area contributed by atoms with Crippen molar-refractivity contribution in [2.45, 2.75) is 50.9 Å². The zero-order valence-corrected chi connectivity index (χ0v) is 19.6. The van der Waals surface area contributed by atoms with Crippen LogP contribution in [0.25, 0.3) is 0 Å². The Morgan fingerprint density at radius 1 is 1.11 bits per heavy atom. The maximum Gasteiger partial charge on any atom is 0.493 e. The van der Waals surface area contributed by atoms with E-state index in [1.165, 1.54) is 24.3 Å². The zero-order valence-electron chi connectivity index (χ0n) is 19.6. The Morgan fingerprint density at radius 3 is 2.29 bits per heavy atom. The molecular weight excluding hydrogens is 463 g/mol. The fourth-order valence-electron chi connectivity index (χ4n) is 3.89. The quantitative estimate of drug-likeness (QED) is 0.628. The van der Waals surface area contributed by atoms with Crippen molar-refractivity contribution in [1.82, 2.24) is 10.0 Å². The zero-order chi connectivity index (χ0) is 25.8. The number of alkyl halides is 3. The monoisotopic (exact) mass is 489 g/mol.